The van der Waals surface area contributed by atoms with Crippen molar-refractivity contribution < 1.29 is 26.4 Å². The minimum atomic E-state index is -3.82. The highest BCUT2D eigenvalue weighted by molar-refractivity contribution is 7.92. The highest BCUT2D eigenvalue weighted by atomic mass is 32.2. The number of methoxy groups -OCH3 is 1. The van der Waals surface area contributed by atoms with Crippen molar-refractivity contribution in [3.05, 3.63) is 73.1 Å². The van der Waals surface area contributed by atoms with Crippen molar-refractivity contribution >= 4 is 37.3 Å². The van der Waals surface area contributed by atoms with Crippen LogP contribution in [0.1, 0.15) is 12.8 Å². The van der Waals surface area contributed by atoms with Gasteiger partial charge in [0.05, 0.1) is 34.7 Å². The van der Waals surface area contributed by atoms with Gasteiger partial charge in [0, 0.05) is 25.0 Å². The summed E-state index contributed by atoms with van der Waals surface area (Å²) in [6.45, 7) is 0.385. The molecule has 0 aliphatic carbocycles. The summed E-state index contributed by atoms with van der Waals surface area (Å²) in [6, 6.07) is 15.1. The predicted octanol–water partition coefficient (Wildman–Crippen LogP) is 2.93. The summed E-state index contributed by atoms with van der Waals surface area (Å²) in [5.41, 5.74) is 0.747. The van der Waals surface area contributed by atoms with E-state index in [1.165, 1.54) is 60.2 Å². The summed E-state index contributed by atoms with van der Waals surface area (Å²) in [5, 5.41) is 2.76. The number of nitrogens with one attached hydrogen (secondary N) is 2. The molecule has 0 radical (unpaired) electrons. The van der Waals surface area contributed by atoms with Crippen LogP contribution in [-0.2, 0) is 24.8 Å². The third-order valence-corrected chi connectivity index (χ3v) is 9.07. The largest absolute Gasteiger partial charge is 0.497 e. The first-order valence-electron chi connectivity index (χ1n) is 11.2. The minimum Gasteiger partial charge on any atom is -0.497 e. The molecule has 3 aromatic rings. The molecule has 1 aliphatic rings. The Morgan fingerprint density at radius 2 is 1.67 bits per heavy atom. The molecule has 2 aromatic carbocycles. The predicted molar refractivity (Wildman–Crippen MR) is 135 cm³/mol. The average molecular weight is 531 g/mol. The molecule has 0 spiro atoms. The van der Waals surface area contributed by atoms with E-state index < -0.39 is 26.0 Å². The van der Waals surface area contributed by atoms with Crippen LogP contribution in [0.3, 0.4) is 0 Å². The molecular formula is C24H26N4O6S2. The highest BCUT2D eigenvalue weighted by Gasteiger charge is 2.33. The van der Waals surface area contributed by atoms with Crippen LogP contribution >= 0.6 is 0 Å². The first-order chi connectivity index (χ1) is 17.2. The van der Waals surface area contributed by atoms with Crippen LogP contribution in [0.25, 0.3) is 0 Å². The van der Waals surface area contributed by atoms with Crippen LogP contribution in [0.5, 0.6) is 5.75 Å². The number of nitrogens with zero attached hydrogens (tertiary/aromatic N) is 2. The van der Waals surface area contributed by atoms with Gasteiger partial charge in [-0.15, -0.1) is 0 Å². The molecule has 1 saturated heterocycles. The molecule has 10 nitrogen and oxygen atoms in total. The first kappa shape index (κ1) is 25.6. The maximum Gasteiger partial charge on any atom is 0.261 e. The fraction of sp³-hybridized carbons (Fsp3) is 0.250. The Balaban J connectivity index is 1.40. The number of piperidine rings is 1. The Morgan fingerprint density at radius 3 is 2.31 bits per heavy atom. The van der Waals surface area contributed by atoms with Gasteiger partial charge in [0.1, 0.15) is 5.75 Å². The van der Waals surface area contributed by atoms with Crippen LogP contribution in [-0.4, -0.2) is 52.2 Å². The van der Waals surface area contributed by atoms with Gasteiger partial charge >= 0.3 is 0 Å². The van der Waals surface area contributed by atoms with Crippen LogP contribution in [0.15, 0.2) is 82.8 Å². The topological polar surface area (TPSA) is 135 Å². The van der Waals surface area contributed by atoms with Crippen molar-refractivity contribution in [2.24, 2.45) is 5.92 Å². The molecule has 4 rings (SSSR count). The maximum atomic E-state index is 13.1. The second-order valence-electron chi connectivity index (χ2n) is 8.24. The smallest absolute Gasteiger partial charge is 0.261 e. The number of hydrogen-bond acceptors (Lipinski definition) is 7. The number of benzene rings is 2. The standard InChI is InChI=1S/C24H26N4O6S2/c1-34-21-8-12-23(13-9-21)36(32,33)28-15-3-4-18(17-28)24(29)26-19-6-10-22(11-7-19)35(30,31)27-20-5-2-14-25-16-20/h2,5-14,16,18,27H,3-4,15,17H2,1H3,(H,26,29)/t18-/m0/s1. The Labute approximate surface area is 210 Å². The van der Waals surface area contributed by atoms with Gasteiger partial charge in [-0.3, -0.25) is 14.5 Å². The molecule has 2 N–H and O–H groups in total. The molecule has 12 heteroatoms. The zero-order valence-electron chi connectivity index (χ0n) is 19.5. The monoisotopic (exact) mass is 530 g/mol. The van der Waals surface area contributed by atoms with Gasteiger partial charge in [-0.25, -0.2) is 16.8 Å². The molecule has 36 heavy (non-hydrogen) atoms. The number of amides is 1. The number of anilines is 2. The molecule has 2 heterocycles. The van der Waals surface area contributed by atoms with E-state index in [0.29, 0.717) is 36.5 Å². The molecule has 0 saturated carbocycles. The fourth-order valence-electron chi connectivity index (χ4n) is 3.87. The van der Waals surface area contributed by atoms with Gasteiger partial charge in [-0.1, -0.05) is 0 Å². The molecule has 1 atom stereocenters. The number of sulfonamides is 2. The number of pyridine rings is 1. The van der Waals surface area contributed by atoms with Crippen LogP contribution in [0.4, 0.5) is 11.4 Å². The lowest BCUT2D eigenvalue weighted by molar-refractivity contribution is -0.120. The van der Waals surface area contributed by atoms with Gasteiger partial charge in [-0.05, 0) is 73.5 Å². The summed E-state index contributed by atoms with van der Waals surface area (Å²) >= 11 is 0. The summed E-state index contributed by atoms with van der Waals surface area (Å²) in [5.74, 6) is -0.312. The Kier molecular flexibility index (Phi) is 7.57. The molecule has 190 valence electrons. The third-order valence-electron chi connectivity index (χ3n) is 5.80. The van der Waals surface area contributed by atoms with Gasteiger partial charge < -0.3 is 10.1 Å². The minimum absolute atomic E-state index is 0.0266. The highest BCUT2D eigenvalue weighted by Crippen LogP contribution is 2.26. The van der Waals surface area contributed by atoms with Gasteiger partial charge in [-0.2, -0.15) is 4.31 Å². The van der Waals surface area contributed by atoms with Crippen LogP contribution in [0, 0.1) is 5.92 Å². The molecule has 1 aliphatic heterocycles. The Morgan fingerprint density at radius 1 is 0.972 bits per heavy atom. The summed E-state index contributed by atoms with van der Waals surface area (Å²) < 4.78 is 60.1. The molecule has 1 amide bonds. The number of rotatable bonds is 8. The molecule has 1 aromatic heterocycles. The number of ether oxygens (including phenoxy) is 1. The molecule has 0 unspecified atom stereocenters. The van der Waals surface area contributed by atoms with E-state index in [-0.39, 0.29) is 22.2 Å². The average Bonchev–Trinajstić information content (AvgIpc) is 2.89. The lowest BCUT2D eigenvalue weighted by atomic mass is 9.99. The molecular weight excluding hydrogens is 504 g/mol. The molecule has 1 fully saturated rings. The van der Waals surface area contributed by atoms with Gasteiger partial charge in [0.25, 0.3) is 10.0 Å². The SMILES string of the molecule is COc1ccc(S(=O)(=O)N2CCC[C@H](C(=O)Nc3ccc(S(=O)(=O)Nc4cccnc4)cc3)C2)cc1. The zero-order chi connectivity index (χ0) is 25.8. The Bertz CT molecular complexity index is 1410. The number of aromatic nitrogens is 1. The van der Waals surface area contributed by atoms with E-state index in [0.717, 1.165) is 0 Å². The van der Waals surface area contributed by atoms with Crippen molar-refractivity contribution in [3.8, 4) is 5.75 Å². The first-order valence-corrected chi connectivity index (χ1v) is 14.1. The van der Waals surface area contributed by atoms with Crippen molar-refractivity contribution in [2.75, 3.05) is 30.2 Å². The lowest BCUT2D eigenvalue weighted by Crippen LogP contribution is -2.43. The van der Waals surface area contributed by atoms with Crippen LogP contribution < -0.4 is 14.8 Å². The van der Waals surface area contributed by atoms with Crippen LogP contribution in [0.2, 0.25) is 0 Å². The van der Waals surface area contributed by atoms with E-state index in [4.69, 9.17) is 4.74 Å². The second kappa shape index (κ2) is 10.6. The number of carbonyl (C=O) groups excluding carboxylic acids is 1. The fourth-order valence-corrected chi connectivity index (χ4v) is 6.44. The third kappa shape index (κ3) is 5.83. The van der Waals surface area contributed by atoms with E-state index in [2.05, 4.69) is 15.0 Å². The summed E-state index contributed by atoms with van der Waals surface area (Å²) in [7, 11) is -6.07. The Hall–Kier alpha value is -3.48. The van der Waals surface area contributed by atoms with Crippen molar-refractivity contribution in [1.82, 2.24) is 9.29 Å². The van der Waals surface area contributed by atoms with E-state index >= 15 is 0 Å². The van der Waals surface area contributed by atoms with Crippen molar-refractivity contribution in [2.45, 2.75) is 22.6 Å². The summed E-state index contributed by atoms with van der Waals surface area (Å²) in [4.78, 5) is 16.9. The van der Waals surface area contributed by atoms with E-state index in [1.54, 1.807) is 24.3 Å². The normalized spacial score (nSPS) is 16.8. The lowest BCUT2D eigenvalue weighted by Gasteiger charge is -2.31. The summed E-state index contributed by atoms with van der Waals surface area (Å²) in [6.07, 6.45) is 4.02. The quantitative estimate of drug-likeness (QED) is 0.457. The maximum absolute atomic E-state index is 13.1. The van der Waals surface area contributed by atoms with Crippen molar-refractivity contribution in [3.63, 3.8) is 0 Å². The number of carbonyl (C=O) groups is 1. The second-order valence-corrected chi connectivity index (χ2v) is 11.9. The van der Waals surface area contributed by atoms with E-state index in [9.17, 15) is 21.6 Å². The van der Waals surface area contributed by atoms with Crippen molar-refractivity contribution in [1.29, 1.82) is 0 Å². The van der Waals surface area contributed by atoms with E-state index in [1.807, 2.05) is 0 Å². The van der Waals surface area contributed by atoms with Gasteiger partial charge in [0.15, 0.2) is 0 Å². The zero-order valence-corrected chi connectivity index (χ0v) is 21.1. The molecule has 0 bridgehead atoms. The van der Waals surface area contributed by atoms with Gasteiger partial charge in [0.2, 0.25) is 15.9 Å². The number of hydrogen-bond donors (Lipinski definition) is 2.